The smallest absolute Gasteiger partial charge is 0.656 e. The van der Waals surface area contributed by atoms with E-state index in [0.29, 0.717) is 45.0 Å². The number of benzene rings is 5. The first-order valence-corrected chi connectivity index (χ1v) is 19.4. The van der Waals surface area contributed by atoms with Crippen molar-refractivity contribution in [1.82, 2.24) is 29.1 Å². The van der Waals surface area contributed by atoms with Gasteiger partial charge in [-0.3, -0.25) is 0 Å². The molecule has 0 aliphatic carbocycles. The van der Waals surface area contributed by atoms with Crippen molar-refractivity contribution in [2.75, 3.05) is 0 Å². The third-order valence-corrected chi connectivity index (χ3v) is 11.4. The molecule has 0 saturated carbocycles. The standard InChI is InChI=1S/C50H25F5N6.Pt/c51-44-43(45(52)47(54)48(55)46(44)53)42-32-21-23-36(58-32)49(60-38-13-5-1-9-28(38)29-10-2-6-14-39(29)60)34-19-17-26(56-34)25-27-18-20-35(57-27)50(37-24-22-33(42)59-37)61-40-15-7-3-11-30(40)31-12-4-8-16-41(31)61;/h1-25H;/q-2;+2. The van der Waals surface area contributed by atoms with Crippen molar-refractivity contribution in [3.8, 4) is 22.5 Å². The van der Waals surface area contributed by atoms with Gasteiger partial charge in [0.05, 0.1) is 61.8 Å². The summed E-state index contributed by atoms with van der Waals surface area (Å²) in [7, 11) is 0. The zero-order chi connectivity index (χ0) is 41.1. The molecule has 12 rings (SSSR count). The van der Waals surface area contributed by atoms with E-state index in [0.717, 1.165) is 43.6 Å². The molecule has 0 radical (unpaired) electrons. The first kappa shape index (κ1) is 37.6. The minimum Gasteiger partial charge on any atom is -0.656 e. The molecule has 0 amide bonds. The first-order valence-electron chi connectivity index (χ1n) is 19.4. The number of nitrogens with zero attached hydrogens (tertiary/aromatic N) is 6. The second-order valence-electron chi connectivity index (χ2n) is 14.8. The van der Waals surface area contributed by atoms with Crippen LogP contribution in [0.4, 0.5) is 22.0 Å². The molecule has 2 aliphatic rings. The molecule has 0 unspecified atom stereocenters. The molecule has 0 N–H and O–H groups in total. The van der Waals surface area contributed by atoms with Crippen LogP contribution in [0, 0.1) is 29.1 Å². The molecule has 5 aromatic heterocycles. The van der Waals surface area contributed by atoms with Gasteiger partial charge in [0.25, 0.3) is 0 Å². The van der Waals surface area contributed by atoms with E-state index in [1.807, 2.05) is 137 Å². The van der Waals surface area contributed by atoms with Gasteiger partial charge < -0.3 is 19.1 Å². The van der Waals surface area contributed by atoms with Crippen LogP contribution < -0.4 is 9.97 Å². The molecule has 300 valence electrons. The Balaban J connectivity index is 0.00000432. The van der Waals surface area contributed by atoms with Gasteiger partial charge >= 0.3 is 21.1 Å². The Labute approximate surface area is 362 Å². The third kappa shape index (κ3) is 5.44. The molecule has 6 nitrogen and oxygen atoms in total. The fraction of sp³-hybridized carbons (Fsp3) is 0. The van der Waals surface area contributed by atoms with Crippen molar-refractivity contribution in [1.29, 1.82) is 0 Å². The molecule has 62 heavy (non-hydrogen) atoms. The van der Waals surface area contributed by atoms with Gasteiger partial charge in [0, 0.05) is 21.5 Å². The number of hydrogen-bond acceptors (Lipinski definition) is 2. The summed E-state index contributed by atoms with van der Waals surface area (Å²) in [5, 5.41) is 3.87. The monoisotopic (exact) mass is 999 g/mol. The average Bonchev–Trinajstić information content (AvgIpc) is 4.17. The van der Waals surface area contributed by atoms with E-state index in [9.17, 15) is 4.39 Å². The second kappa shape index (κ2) is 14.1. The largest absolute Gasteiger partial charge is 2.00 e. The number of halogens is 5. The van der Waals surface area contributed by atoms with Crippen molar-refractivity contribution in [2.45, 2.75) is 0 Å². The maximum Gasteiger partial charge on any atom is 2.00 e. The fourth-order valence-corrected chi connectivity index (χ4v) is 8.86. The Bertz CT molecular complexity index is 3550. The summed E-state index contributed by atoms with van der Waals surface area (Å²) in [4.78, 5) is 20.1. The fourth-order valence-electron chi connectivity index (χ4n) is 8.86. The van der Waals surface area contributed by atoms with Gasteiger partial charge in [0.2, 0.25) is 5.82 Å². The van der Waals surface area contributed by atoms with Crippen molar-refractivity contribution >= 4 is 90.0 Å². The van der Waals surface area contributed by atoms with Gasteiger partial charge in [-0.15, -0.1) is 22.1 Å². The molecule has 8 bridgehead atoms. The van der Waals surface area contributed by atoms with Crippen LogP contribution in [0.25, 0.3) is 112 Å². The van der Waals surface area contributed by atoms with E-state index in [1.165, 1.54) is 12.1 Å². The Kier molecular flexibility index (Phi) is 8.56. The topological polar surface area (TPSA) is 63.8 Å². The Morgan fingerprint density at radius 1 is 0.387 bits per heavy atom. The molecule has 0 atom stereocenters. The second-order valence-corrected chi connectivity index (χ2v) is 14.8. The van der Waals surface area contributed by atoms with Crippen LogP contribution >= 0.6 is 0 Å². The summed E-state index contributed by atoms with van der Waals surface area (Å²) in [6.07, 6.45) is 6.88. The van der Waals surface area contributed by atoms with Crippen LogP contribution in [-0.4, -0.2) is 19.1 Å². The molecule has 0 fully saturated rings. The summed E-state index contributed by atoms with van der Waals surface area (Å²) < 4.78 is 81.4. The molecule has 2 aliphatic heterocycles. The molecule has 0 spiro atoms. The summed E-state index contributed by atoms with van der Waals surface area (Å²) >= 11 is 0. The number of aromatic nitrogens is 6. The van der Waals surface area contributed by atoms with Crippen LogP contribution in [0.3, 0.4) is 0 Å². The molecule has 0 saturated heterocycles. The van der Waals surface area contributed by atoms with Crippen LogP contribution in [0.5, 0.6) is 0 Å². The van der Waals surface area contributed by atoms with E-state index < -0.39 is 34.6 Å². The van der Waals surface area contributed by atoms with Gasteiger partial charge in [-0.25, -0.2) is 31.9 Å². The quantitative estimate of drug-likeness (QED) is 0.100. The predicted octanol–water partition coefficient (Wildman–Crippen LogP) is 12.5. The molecule has 5 aromatic carbocycles. The van der Waals surface area contributed by atoms with Crippen LogP contribution in [-0.2, 0) is 21.1 Å². The molecule has 12 heteroatoms. The molecule has 7 heterocycles. The zero-order valence-corrected chi connectivity index (χ0v) is 34.1. The number of rotatable bonds is 3. The van der Waals surface area contributed by atoms with Crippen molar-refractivity contribution in [2.24, 2.45) is 0 Å². The van der Waals surface area contributed by atoms with Crippen LogP contribution in [0.1, 0.15) is 22.8 Å². The molecular formula is C50H25F5N6Pt. The van der Waals surface area contributed by atoms with Gasteiger partial charge in [-0.1, -0.05) is 103 Å². The van der Waals surface area contributed by atoms with Gasteiger partial charge in [0.1, 0.15) is 0 Å². The summed E-state index contributed by atoms with van der Waals surface area (Å²) in [6.45, 7) is 0. The summed E-state index contributed by atoms with van der Waals surface area (Å²) in [5.41, 5.74) is 5.66. The third-order valence-electron chi connectivity index (χ3n) is 11.4. The van der Waals surface area contributed by atoms with Crippen molar-refractivity contribution in [3.05, 3.63) is 179 Å². The minimum atomic E-state index is -2.27. The average molecular weight is 1000 g/mol. The minimum absolute atomic E-state index is 0. The summed E-state index contributed by atoms with van der Waals surface area (Å²) in [5.74, 6) is -10.4. The van der Waals surface area contributed by atoms with E-state index in [-0.39, 0.29) is 37.8 Å². The molecular weight excluding hydrogens is 975 g/mol. The van der Waals surface area contributed by atoms with Crippen LogP contribution in [0.15, 0.2) is 127 Å². The maximum absolute atomic E-state index is 16.2. The van der Waals surface area contributed by atoms with E-state index in [4.69, 9.17) is 19.9 Å². The van der Waals surface area contributed by atoms with Crippen LogP contribution in [0.2, 0.25) is 0 Å². The predicted molar refractivity (Wildman–Crippen MR) is 231 cm³/mol. The van der Waals surface area contributed by atoms with Gasteiger partial charge in [0.15, 0.2) is 23.3 Å². The molecule has 10 aromatic rings. The maximum atomic E-state index is 16.2. The van der Waals surface area contributed by atoms with E-state index in [1.54, 1.807) is 12.1 Å². The summed E-state index contributed by atoms with van der Waals surface area (Å²) in [6, 6.07) is 40.2. The number of fused-ring (bicyclic) bond motifs is 14. The number of hydrogen-bond donors (Lipinski definition) is 0. The SMILES string of the molecule is Fc1c(F)c(F)c(-c2c3nc(c(-n4c5ccccc5c5ccccc54)c4ccc(cc5nc(c(-n6c7ccccc7c7ccccc76)c6ccc2[n-]6)C=C5)[n-]4)C=C3)c(F)c1F.[Pt+2]. The normalized spacial score (nSPS) is 12.3. The Morgan fingerprint density at radius 2 is 0.806 bits per heavy atom. The Morgan fingerprint density at radius 3 is 1.35 bits per heavy atom. The van der Waals surface area contributed by atoms with E-state index >= 15 is 17.6 Å². The van der Waals surface area contributed by atoms with Crippen molar-refractivity contribution < 1.29 is 43.0 Å². The van der Waals surface area contributed by atoms with Crippen molar-refractivity contribution in [3.63, 3.8) is 0 Å². The van der Waals surface area contributed by atoms with Gasteiger partial charge in [-0.05, 0) is 54.1 Å². The van der Waals surface area contributed by atoms with Gasteiger partial charge in [-0.2, -0.15) is 0 Å². The Hall–Kier alpha value is -7.36. The first-order chi connectivity index (χ1) is 29.8. The van der Waals surface area contributed by atoms with E-state index in [2.05, 4.69) is 0 Å². The number of para-hydroxylation sites is 4. The zero-order valence-electron chi connectivity index (χ0n) is 31.8.